The van der Waals surface area contributed by atoms with Gasteiger partial charge >= 0.3 is 0 Å². The van der Waals surface area contributed by atoms with E-state index in [1.807, 2.05) is 48.7 Å². The van der Waals surface area contributed by atoms with E-state index in [2.05, 4.69) is 35.0 Å². The van der Waals surface area contributed by atoms with Gasteiger partial charge in [0, 0.05) is 48.6 Å². The highest BCUT2D eigenvalue weighted by molar-refractivity contribution is 6.30. The van der Waals surface area contributed by atoms with Crippen LogP contribution < -0.4 is 9.64 Å². The van der Waals surface area contributed by atoms with Gasteiger partial charge in [-0.25, -0.2) is 9.50 Å². The third-order valence-corrected chi connectivity index (χ3v) is 5.83. The molecule has 31 heavy (non-hydrogen) atoms. The Bertz CT molecular complexity index is 1200. The Balaban J connectivity index is 1.45. The topological polar surface area (TPSA) is 45.9 Å². The summed E-state index contributed by atoms with van der Waals surface area (Å²) in [4.78, 5) is 9.61. The molecule has 0 amide bonds. The molecule has 0 bridgehead atoms. The van der Waals surface area contributed by atoms with Gasteiger partial charge in [0.2, 0.25) is 0 Å². The number of pyridine rings is 1. The number of ether oxygens (including phenoxy) is 1. The quantitative estimate of drug-likeness (QED) is 0.467. The molecule has 0 radical (unpaired) electrons. The fourth-order valence-electron chi connectivity index (χ4n) is 3.88. The summed E-state index contributed by atoms with van der Waals surface area (Å²) in [6.07, 6.45) is 1.90. The molecule has 4 aromatic rings. The highest BCUT2D eigenvalue weighted by atomic mass is 35.5. The van der Waals surface area contributed by atoms with E-state index >= 15 is 0 Å². The lowest BCUT2D eigenvalue weighted by Crippen LogP contribution is -2.44. The van der Waals surface area contributed by atoms with Gasteiger partial charge in [-0.2, -0.15) is 0 Å². The predicted octanol–water partition coefficient (Wildman–Crippen LogP) is 4.38. The van der Waals surface area contributed by atoms with Gasteiger partial charge in [0.15, 0.2) is 17.2 Å². The first-order chi connectivity index (χ1) is 15.2. The van der Waals surface area contributed by atoms with E-state index in [0.29, 0.717) is 28.9 Å². The summed E-state index contributed by atoms with van der Waals surface area (Å²) in [7, 11) is 2.16. The SMILES string of the molecule is CN1CCN(c2ccccc2-c2nc3c(OCc4cccc(Cl)c4)cccn3n2)CC1. The monoisotopic (exact) mass is 433 g/mol. The Kier molecular flexibility index (Phi) is 5.49. The van der Waals surface area contributed by atoms with Gasteiger partial charge in [0.1, 0.15) is 6.61 Å². The maximum Gasteiger partial charge on any atom is 0.198 e. The summed E-state index contributed by atoms with van der Waals surface area (Å²) >= 11 is 6.09. The maximum atomic E-state index is 6.09. The molecule has 0 saturated carbocycles. The van der Waals surface area contributed by atoms with Gasteiger partial charge in [-0.1, -0.05) is 35.9 Å². The standard InChI is InChI=1S/C24H24ClN5O/c1-28-12-14-29(15-13-28)21-9-3-2-8-20(21)23-26-24-22(10-5-11-30(24)27-23)31-17-18-6-4-7-19(25)16-18/h2-11,16H,12-15,17H2,1H3. The zero-order chi connectivity index (χ0) is 21.2. The van der Waals surface area contributed by atoms with Crippen molar-refractivity contribution in [2.45, 2.75) is 6.61 Å². The molecule has 2 aromatic carbocycles. The molecule has 0 unspecified atom stereocenters. The molecule has 1 aliphatic rings. The van der Waals surface area contributed by atoms with E-state index < -0.39 is 0 Å². The normalized spacial score (nSPS) is 14.8. The molecule has 2 aromatic heterocycles. The zero-order valence-electron chi connectivity index (χ0n) is 17.4. The first-order valence-corrected chi connectivity index (χ1v) is 10.8. The summed E-state index contributed by atoms with van der Waals surface area (Å²) in [6, 6.07) is 19.9. The Hall–Kier alpha value is -3.09. The Morgan fingerprint density at radius 2 is 1.81 bits per heavy atom. The number of fused-ring (bicyclic) bond motifs is 1. The molecule has 0 atom stereocenters. The second kappa shape index (κ2) is 8.57. The molecule has 1 fully saturated rings. The zero-order valence-corrected chi connectivity index (χ0v) is 18.2. The summed E-state index contributed by atoms with van der Waals surface area (Å²) in [5, 5.41) is 5.45. The van der Waals surface area contributed by atoms with Crippen LogP contribution in [0.15, 0.2) is 66.9 Å². The molecule has 0 N–H and O–H groups in total. The molecule has 158 valence electrons. The van der Waals surface area contributed by atoms with Gasteiger partial charge < -0.3 is 14.5 Å². The van der Waals surface area contributed by atoms with Crippen molar-refractivity contribution in [2.24, 2.45) is 0 Å². The summed E-state index contributed by atoms with van der Waals surface area (Å²) < 4.78 is 7.85. The minimum Gasteiger partial charge on any atom is -0.485 e. The summed E-state index contributed by atoms with van der Waals surface area (Å²) in [6.45, 7) is 4.51. The molecule has 1 saturated heterocycles. The van der Waals surface area contributed by atoms with E-state index in [1.165, 1.54) is 5.69 Å². The van der Waals surface area contributed by atoms with Crippen LogP contribution in [0, 0.1) is 0 Å². The number of anilines is 1. The fourth-order valence-corrected chi connectivity index (χ4v) is 4.10. The van der Waals surface area contributed by atoms with Crippen molar-refractivity contribution >= 4 is 22.9 Å². The van der Waals surface area contributed by atoms with Crippen molar-refractivity contribution in [3.8, 4) is 17.1 Å². The maximum absolute atomic E-state index is 6.09. The number of piperazine rings is 1. The number of aromatic nitrogens is 3. The highest BCUT2D eigenvalue weighted by Crippen LogP contribution is 2.31. The molecule has 1 aliphatic heterocycles. The molecule has 3 heterocycles. The fraction of sp³-hybridized carbons (Fsp3) is 0.250. The van der Waals surface area contributed by atoms with Crippen LogP contribution in [0.5, 0.6) is 5.75 Å². The van der Waals surface area contributed by atoms with Crippen molar-refractivity contribution in [3.05, 3.63) is 77.4 Å². The Labute approximate surface area is 186 Å². The van der Waals surface area contributed by atoms with Gasteiger partial charge in [0.05, 0.1) is 0 Å². The molecule has 5 rings (SSSR count). The second-order valence-corrected chi connectivity index (χ2v) is 8.24. The summed E-state index contributed by atoms with van der Waals surface area (Å²) in [5.74, 6) is 1.40. The average Bonchev–Trinajstić information content (AvgIpc) is 3.23. The van der Waals surface area contributed by atoms with Crippen molar-refractivity contribution in [3.63, 3.8) is 0 Å². The van der Waals surface area contributed by atoms with Crippen molar-refractivity contribution < 1.29 is 4.74 Å². The predicted molar refractivity (Wildman–Crippen MR) is 124 cm³/mol. The molecule has 0 aliphatic carbocycles. The van der Waals surface area contributed by atoms with E-state index in [9.17, 15) is 0 Å². The average molecular weight is 434 g/mol. The molecule has 0 spiro atoms. The Morgan fingerprint density at radius 3 is 2.65 bits per heavy atom. The number of hydrogen-bond acceptors (Lipinski definition) is 5. The Morgan fingerprint density at radius 1 is 0.968 bits per heavy atom. The van der Waals surface area contributed by atoms with E-state index in [4.69, 9.17) is 26.4 Å². The largest absolute Gasteiger partial charge is 0.485 e. The van der Waals surface area contributed by atoms with Crippen LogP contribution in [0.3, 0.4) is 0 Å². The van der Waals surface area contributed by atoms with Gasteiger partial charge in [-0.15, -0.1) is 5.10 Å². The lowest BCUT2D eigenvalue weighted by atomic mass is 10.1. The van der Waals surface area contributed by atoms with Crippen LogP contribution in [0.1, 0.15) is 5.56 Å². The number of benzene rings is 2. The first kappa shape index (κ1) is 19.8. The van der Waals surface area contributed by atoms with Crippen LogP contribution >= 0.6 is 11.6 Å². The van der Waals surface area contributed by atoms with Crippen LogP contribution in [-0.2, 0) is 6.61 Å². The number of halogens is 1. The first-order valence-electron chi connectivity index (χ1n) is 10.4. The smallest absolute Gasteiger partial charge is 0.198 e. The van der Waals surface area contributed by atoms with Crippen LogP contribution in [0.25, 0.3) is 17.0 Å². The van der Waals surface area contributed by atoms with Crippen LogP contribution in [0.2, 0.25) is 5.02 Å². The van der Waals surface area contributed by atoms with Crippen molar-refractivity contribution in [2.75, 3.05) is 38.1 Å². The lowest BCUT2D eigenvalue weighted by molar-refractivity contribution is 0.308. The summed E-state index contributed by atoms with van der Waals surface area (Å²) in [5.41, 5.74) is 3.92. The van der Waals surface area contributed by atoms with Crippen LogP contribution in [-0.4, -0.2) is 52.7 Å². The number of likely N-dealkylation sites (N-methyl/N-ethyl adjacent to an activating group) is 1. The second-order valence-electron chi connectivity index (χ2n) is 7.80. The minimum atomic E-state index is 0.417. The van der Waals surface area contributed by atoms with Crippen molar-refractivity contribution in [1.82, 2.24) is 19.5 Å². The van der Waals surface area contributed by atoms with Crippen molar-refractivity contribution in [1.29, 1.82) is 0 Å². The lowest BCUT2D eigenvalue weighted by Gasteiger charge is -2.34. The number of hydrogen-bond donors (Lipinski definition) is 0. The highest BCUT2D eigenvalue weighted by Gasteiger charge is 2.20. The van der Waals surface area contributed by atoms with E-state index in [0.717, 1.165) is 37.3 Å². The van der Waals surface area contributed by atoms with Gasteiger partial charge in [-0.05, 0) is 49.0 Å². The number of rotatable bonds is 5. The third kappa shape index (κ3) is 4.22. The van der Waals surface area contributed by atoms with E-state index in [1.54, 1.807) is 4.52 Å². The van der Waals surface area contributed by atoms with Gasteiger partial charge in [0.25, 0.3) is 0 Å². The number of para-hydroxylation sites is 1. The molecule has 7 heteroatoms. The molecule has 6 nitrogen and oxygen atoms in total. The molecular weight excluding hydrogens is 410 g/mol. The third-order valence-electron chi connectivity index (χ3n) is 5.60. The molecular formula is C24H24ClN5O. The number of nitrogens with zero attached hydrogens (tertiary/aromatic N) is 5. The van der Waals surface area contributed by atoms with Crippen LogP contribution in [0.4, 0.5) is 5.69 Å². The minimum absolute atomic E-state index is 0.417. The van der Waals surface area contributed by atoms with E-state index in [-0.39, 0.29) is 0 Å². The van der Waals surface area contributed by atoms with Gasteiger partial charge in [-0.3, -0.25) is 0 Å².